The molecule has 0 aliphatic carbocycles. The van der Waals surface area contributed by atoms with Crippen LogP contribution in [-0.2, 0) is 23.9 Å². The number of nitrogens with zero attached hydrogens (tertiary/aromatic N) is 2. The molecule has 2 unspecified atom stereocenters. The second-order valence-corrected chi connectivity index (χ2v) is 7.85. The van der Waals surface area contributed by atoms with E-state index in [0.717, 1.165) is 32.1 Å². The van der Waals surface area contributed by atoms with Gasteiger partial charge in [0.25, 0.3) is 0 Å². The second kappa shape index (κ2) is 11.2. The Labute approximate surface area is 167 Å². The Bertz CT molecular complexity index is 577. The summed E-state index contributed by atoms with van der Waals surface area (Å²) in [6.45, 7) is 4.26. The lowest BCUT2D eigenvalue weighted by Crippen LogP contribution is -2.51. The maximum Gasteiger partial charge on any atom is 0.303 e. The van der Waals surface area contributed by atoms with E-state index in [0.29, 0.717) is 32.4 Å². The number of rotatable bonds is 10. The Hall–Kier alpha value is -1.92. The predicted molar refractivity (Wildman–Crippen MR) is 104 cm³/mol. The zero-order valence-electron chi connectivity index (χ0n) is 17.3. The van der Waals surface area contributed by atoms with E-state index >= 15 is 0 Å². The van der Waals surface area contributed by atoms with Gasteiger partial charge in [0.1, 0.15) is 6.04 Å². The smallest absolute Gasteiger partial charge is 0.303 e. The number of hydrogen-bond donors (Lipinski definition) is 0. The van der Waals surface area contributed by atoms with Crippen molar-refractivity contribution in [1.29, 1.82) is 0 Å². The average molecular weight is 395 g/mol. The van der Waals surface area contributed by atoms with Crippen molar-refractivity contribution in [2.45, 2.75) is 90.1 Å². The van der Waals surface area contributed by atoms with Gasteiger partial charge in [-0.2, -0.15) is 0 Å². The first-order chi connectivity index (χ1) is 13.5. The fourth-order valence-corrected chi connectivity index (χ4v) is 4.17. The third-order valence-electron chi connectivity index (χ3n) is 5.68. The third-order valence-corrected chi connectivity index (χ3v) is 5.68. The summed E-state index contributed by atoms with van der Waals surface area (Å²) in [5.41, 5.74) is 0. The Morgan fingerprint density at radius 3 is 2.21 bits per heavy atom. The molecule has 2 heterocycles. The van der Waals surface area contributed by atoms with Crippen molar-refractivity contribution in [1.82, 2.24) is 9.80 Å². The Morgan fingerprint density at radius 1 is 0.893 bits per heavy atom. The van der Waals surface area contributed by atoms with Crippen molar-refractivity contribution < 1.29 is 23.9 Å². The minimum atomic E-state index is -0.543. The lowest BCUT2D eigenvalue weighted by molar-refractivity contribution is -0.150. The van der Waals surface area contributed by atoms with Gasteiger partial charge in [-0.3, -0.25) is 19.2 Å². The van der Waals surface area contributed by atoms with Gasteiger partial charge in [-0.1, -0.05) is 32.6 Å². The molecule has 28 heavy (non-hydrogen) atoms. The van der Waals surface area contributed by atoms with E-state index < -0.39 is 18.1 Å². The minimum Gasteiger partial charge on any atom is -0.458 e. The summed E-state index contributed by atoms with van der Waals surface area (Å²) in [6, 6.07) is -0.997. The number of hydrogen-bond acceptors (Lipinski definition) is 5. The van der Waals surface area contributed by atoms with Crippen LogP contribution in [0.1, 0.15) is 78.1 Å². The normalized spacial score (nSPS) is 21.8. The number of carbonyl (C=O) groups excluding carboxylic acids is 4. The Kier molecular flexibility index (Phi) is 8.93. The average Bonchev–Trinajstić information content (AvgIpc) is 3.34. The molecular formula is C21H34N2O5. The van der Waals surface area contributed by atoms with Gasteiger partial charge in [0.05, 0.1) is 6.04 Å². The van der Waals surface area contributed by atoms with Gasteiger partial charge in [-0.05, 0) is 32.1 Å². The van der Waals surface area contributed by atoms with Gasteiger partial charge in [0.2, 0.25) is 11.8 Å². The summed E-state index contributed by atoms with van der Waals surface area (Å²) in [5, 5.41) is 0. The molecule has 2 aliphatic heterocycles. The first-order valence-corrected chi connectivity index (χ1v) is 10.7. The fraction of sp³-hybridized carbons (Fsp3) is 0.810. The summed E-state index contributed by atoms with van der Waals surface area (Å²) in [6.07, 6.45) is 8.72. The topological polar surface area (TPSA) is 84.0 Å². The molecule has 2 fully saturated rings. The van der Waals surface area contributed by atoms with Crippen molar-refractivity contribution in [3.63, 3.8) is 0 Å². The Balaban J connectivity index is 1.90. The van der Waals surface area contributed by atoms with E-state index in [2.05, 4.69) is 6.92 Å². The lowest BCUT2D eigenvalue weighted by Gasteiger charge is -2.31. The summed E-state index contributed by atoms with van der Waals surface area (Å²) < 4.78 is 4.81. The molecule has 2 aliphatic rings. The first kappa shape index (κ1) is 22.4. The van der Waals surface area contributed by atoms with E-state index in [9.17, 15) is 19.2 Å². The van der Waals surface area contributed by atoms with Crippen LogP contribution in [0.4, 0.5) is 0 Å². The van der Waals surface area contributed by atoms with Crippen LogP contribution in [0.3, 0.4) is 0 Å². The molecule has 0 aromatic rings. The predicted octanol–water partition coefficient (Wildman–Crippen LogP) is 2.46. The summed E-state index contributed by atoms with van der Waals surface area (Å²) in [4.78, 5) is 52.4. The van der Waals surface area contributed by atoms with Crippen LogP contribution in [0.15, 0.2) is 0 Å². The number of likely N-dealkylation sites (tertiary alicyclic amines) is 2. The van der Waals surface area contributed by atoms with Crippen LogP contribution in [0.25, 0.3) is 0 Å². The van der Waals surface area contributed by atoms with Crippen molar-refractivity contribution in [3.8, 4) is 0 Å². The molecule has 2 atom stereocenters. The number of unbranched alkanes of at least 4 members (excludes halogenated alkanes) is 4. The molecule has 2 amide bonds. The number of Topliss-reactive ketones (excluding diaryl/α,β-unsaturated/α-hetero) is 1. The summed E-state index contributed by atoms with van der Waals surface area (Å²) in [5.74, 6) is -0.826. The summed E-state index contributed by atoms with van der Waals surface area (Å²) >= 11 is 0. The molecule has 2 saturated heterocycles. The maximum absolute atomic E-state index is 13.1. The number of esters is 1. The van der Waals surface area contributed by atoms with Crippen molar-refractivity contribution in [3.05, 3.63) is 0 Å². The van der Waals surface area contributed by atoms with Crippen LogP contribution < -0.4 is 0 Å². The quantitative estimate of drug-likeness (QED) is 0.420. The number of amides is 2. The molecule has 7 heteroatoms. The van der Waals surface area contributed by atoms with Crippen molar-refractivity contribution >= 4 is 23.6 Å². The summed E-state index contributed by atoms with van der Waals surface area (Å²) in [7, 11) is 0. The molecule has 0 aromatic carbocycles. The molecule has 0 spiro atoms. The number of ketones is 1. The molecule has 2 rings (SSSR count). The van der Waals surface area contributed by atoms with E-state index in [-0.39, 0.29) is 24.2 Å². The lowest BCUT2D eigenvalue weighted by atomic mass is 10.1. The molecular weight excluding hydrogens is 360 g/mol. The van der Waals surface area contributed by atoms with Gasteiger partial charge >= 0.3 is 5.97 Å². The van der Waals surface area contributed by atoms with Crippen LogP contribution >= 0.6 is 0 Å². The van der Waals surface area contributed by atoms with Gasteiger partial charge in [0, 0.05) is 26.4 Å². The highest BCUT2D eigenvalue weighted by molar-refractivity contribution is 5.94. The Morgan fingerprint density at radius 2 is 1.54 bits per heavy atom. The standard InChI is InChI=1S/C21H34N2O5/c1-3-4-5-6-7-12-20(26)22-13-9-11-18(22)21(27)23-14-8-10-17(23)19(25)15-28-16(2)24/h17-18H,3-15H2,1-2H3. The molecule has 0 radical (unpaired) electrons. The van der Waals surface area contributed by atoms with E-state index in [1.807, 2.05) is 0 Å². The monoisotopic (exact) mass is 394 g/mol. The zero-order chi connectivity index (χ0) is 20.5. The molecule has 0 N–H and O–H groups in total. The van der Waals surface area contributed by atoms with E-state index in [1.165, 1.54) is 19.8 Å². The SMILES string of the molecule is CCCCCCCC(=O)N1CCCC1C(=O)N1CCCC1C(=O)COC(C)=O. The number of ether oxygens (including phenoxy) is 1. The second-order valence-electron chi connectivity index (χ2n) is 7.85. The first-order valence-electron chi connectivity index (χ1n) is 10.7. The van der Waals surface area contributed by atoms with Gasteiger partial charge in [0.15, 0.2) is 12.4 Å². The molecule has 158 valence electrons. The fourth-order valence-electron chi connectivity index (χ4n) is 4.17. The van der Waals surface area contributed by atoms with Gasteiger partial charge in [-0.25, -0.2) is 0 Å². The highest BCUT2D eigenvalue weighted by Gasteiger charge is 2.41. The van der Waals surface area contributed by atoms with Crippen LogP contribution in [0.2, 0.25) is 0 Å². The van der Waals surface area contributed by atoms with Crippen molar-refractivity contribution in [2.75, 3.05) is 19.7 Å². The maximum atomic E-state index is 13.1. The molecule has 0 saturated carbocycles. The molecule has 7 nitrogen and oxygen atoms in total. The van der Waals surface area contributed by atoms with E-state index in [4.69, 9.17) is 4.74 Å². The van der Waals surface area contributed by atoms with E-state index in [1.54, 1.807) is 9.80 Å². The van der Waals surface area contributed by atoms with Gasteiger partial charge in [-0.15, -0.1) is 0 Å². The molecule has 0 aromatic heterocycles. The van der Waals surface area contributed by atoms with Gasteiger partial charge < -0.3 is 14.5 Å². The van der Waals surface area contributed by atoms with Crippen molar-refractivity contribution in [2.24, 2.45) is 0 Å². The van der Waals surface area contributed by atoms with Crippen LogP contribution in [0, 0.1) is 0 Å². The largest absolute Gasteiger partial charge is 0.458 e. The zero-order valence-corrected chi connectivity index (χ0v) is 17.3. The third kappa shape index (κ3) is 6.04. The highest BCUT2D eigenvalue weighted by atomic mass is 16.5. The minimum absolute atomic E-state index is 0.0503. The highest BCUT2D eigenvalue weighted by Crippen LogP contribution is 2.26. The van der Waals surface area contributed by atoms with Crippen LogP contribution in [-0.4, -0.2) is 65.1 Å². The number of carbonyl (C=O) groups is 4. The molecule has 0 bridgehead atoms. The van der Waals surface area contributed by atoms with Crippen LogP contribution in [0.5, 0.6) is 0 Å².